The third kappa shape index (κ3) is 3.32. The van der Waals surface area contributed by atoms with Crippen molar-refractivity contribution in [2.75, 3.05) is 0 Å². The minimum absolute atomic E-state index is 0.215. The quantitative estimate of drug-likeness (QED) is 0.574. The monoisotopic (exact) mass is 190 g/mol. The summed E-state index contributed by atoms with van der Waals surface area (Å²) in [5.74, 6) is -0.929. The molecule has 0 aliphatic rings. The van der Waals surface area contributed by atoms with E-state index in [-0.39, 0.29) is 6.42 Å². The predicted octanol–water partition coefficient (Wildman–Crippen LogP) is 0.824. The van der Waals surface area contributed by atoms with E-state index in [0.717, 1.165) is 0 Å². The second-order valence-corrected chi connectivity index (χ2v) is 4.73. The highest BCUT2D eigenvalue weighted by Crippen LogP contribution is 2.35. The van der Waals surface area contributed by atoms with Crippen LogP contribution in [-0.2, 0) is 4.79 Å². The van der Waals surface area contributed by atoms with Crippen molar-refractivity contribution in [2.45, 2.75) is 40.4 Å². The Morgan fingerprint density at radius 3 is 1.85 bits per heavy atom. The molecule has 13 heavy (non-hydrogen) atoms. The van der Waals surface area contributed by atoms with Gasteiger partial charge in [0.1, 0.15) is 0 Å². The molecule has 0 amide bonds. The molecule has 0 spiro atoms. The fraction of sp³-hybridized carbons (Fsp3) is 0.889. The molecular formula is C9H18O4. The first-order valence-corrected chi connectivity index (χ1v) is 4.19. The summed E-state index contributed by atoms with van der Waals surface area (Å²) >= 11 is 0. The molecule has 0 aromatic carbocycles. The summed E-state index contributed by atoms with van der Waals surface area (Å²) in [4.78, 5) is 10.8. The maximum Gasteiger partial charge on any atom is 0.309 e. The number of carboxylic acids is 1. The number of aliphatic hydroxyl groups is 2. The minimum Gasteiger partial charge on any atom is -0.481 e. The van der Waals surface area contributed by atoms with Gasteiger partial charge in [-0.3, -0.25) is 4.79 Å². The maximum atomic E-state index is 10.8. The highest BCUT2D eigenvalue weighted by molar-refractivity contribution is 5.73. The van der Waals surface area contributed by atoms with Crippen LogP contribution in [0.1, 0.15) is 34.1 Å². The van der Waals surface area contributed by atoms with Crippen LogP contribution in [0.15, 0.2) is 0 Å². The van der Waals surface area contributed by atoms with Gasteiger partial charge >= 0.3 is 5.97 Å². The Bertz CT molecular complexity index is 194. The van der Waals surface area contributed by atoms with Gasteiger partial charge in [0.2, 0.25) is 0 Å². The first-order valence-electron chi connectivity index (χ1n) is 4.19. The van der Waals surface area contributed by atoms with E-state index in [1.807, 2.05) is 0 Å². The standard InChI is InChI=1S/C9H18O4/c1-8(2,6(10)11)5-9(3,4)7(12)13/h6,10-11H,5H2,1-4H3,(H,12,13). The summed E-state index contributed by atoms with van der Waals surface area (Å²) in [5, 5.41) is 26.8. The lowest BCUT2D eigenvalue weighted by molar-refractivity contribution is -0.158. The molecule has 0 unspecified atom stereocenters. The second-order valence-electron chi connectivity index (χ2n) is 4.73. The zero-order valence-corrected chi connectivity index (χ0v) is 8.53. The number of hydrogen-bond acceptors (Lipinski definition) is 3. The number of aliphatic hydroxyl groups excluding tert-OH is 1. The molecule has 0 heterocycles. The van der Waals surface area contributed by atoms with Gasteiger partial charge in [0.25, 0.3) is 0 Å². The predicted molar refractivity (Wildman–Crippen MR) is 48.0 cm³/mol. The number of rotatable bonds is 4. The van der Waals surface area contributed by atoms with E-state index in [0.29, 0.717) is 0 Å². The van der Waals surface area contributed by atoms with E-state index in [1.54, 1.807) is 27.7 Å². The van der Waals surface area contributed by atoms with Crippen molar-refractivity contribution < 1.29 is 20.1 Å². The number of hydrogen-bond donors (Lipinski definition) is 3. The Hall–Kier alpha value is -0.610. The maximum absolute atomic E-state index is 10.8. The lowest BCUT2D eigenvalue weighted by atomic mass is 9.75. The Morgan fingerprint density at radius 1 is 1.23 bits per heavy atom. The number of aliphatic carboxylic acids is 1. The van der Waals surface area contributed by atoms with Crippen LogP contribution < -0.4 is 0 Å². The molecule has 0 saturated carbocycles. The minimum atomic E-state index is -1.49. The Labute approximate surface area is 78.2 Å². The Morgan fingerprint density at radius 2 is 1.62 bits per heavy atom. The molecule has 0 saturated heterocycles. The van der Waals surface area contributed by atoms with Crippen LogP contribution in [0.5, 0.6) is 0 Å². The molecule has 0 rings (SSSR count). The smallest absolute Gasteiger partial charge is 0.309 e. The van der Waals surface area contributed by atoms with Gasteiger partial charge in [-0.25, -0.2) is 0 Å². The van der Waals surface area contributed by atoms with Crippen molar-refractivity contribution >= 4 is 5.97 Å². The molecule has 4 heteroatoms. The van der Waals surface area contributed by atoms with Crippen molar-refractivity contribution in [2.24, 2.45) is 10.8 Å². The van der Waals surface area contributed by atoms with Gasteiger partial charge in [0.05, 0.1) is 5.41 Å². The molecule has 3 N–H and O–H groups in total. The first-order chi connectivity index (χ1) is 5.59. The van der Waals surface area contributed by atoms with Gasteiger partial charge in [-0.1, -0.05) is 13.8 Å². The van der Waals surface area contributed by atoms with Crippen molar-refractivity contribution in [3.63, 3.8) is 0 Å². The van der Waals surface area contributed by atoms with Gasteiger partial charge in [0.15, 0.2) is 6.29 Å². The molecule has 0 aliphatic heterocycles. The van der Waals surface area contributed by atoms with E-state index in [2.05, 4.69) is 0 Å². The van der Waals surface area contributed by atoms with Crippen molar-refractivity contribution in [3.8, 4) is 0 Å². The third-order valence-corrected chi connectivity index (χ3v) is 2.18. The van der Waals surface area contributed by atoms with Crippen molar-refractivity contribution in [1.29, 1.82) is 0 Å². The summed E-state index contributed by atoms with van der Waals surface area (Å²) in [7, 11) is 0. The lowest BCUT2D eigenvalue weighted by Crippen LogP contribution is -2.37. The van der Waals surface area contributed by atoms with Crippen LogP contribution in [-0.4, -0.2) is 27.6 Å². The molecule has 0 fully saturated rings. The lowest BCUT2D eigenvalue weighted by Gasteiger charge is -2.33. The topological polar surface area (TPSA) is 77.8 Å². The first kappa shape index (κ1) is 12.4. The molecule has 78 valence electrons. The molecule has 0 radical (unpaired) electrons. The van der Waals surface area contributed by atoms with Gasteiger partial charge in [-0.15, -0.1) is 0 Å². The van der Waals surface area contributed by atoms with Gasteiger partial charge in [-0.05, 0) is 20.3 Å². The second kappa shape index (κ2) is 3.64. The average molecular weight is 190 g/mol. The number of carbonyl (C=O) groups is 1. The van der Waals surface area contributed by atoms with E-state index in [4.69, 9.17) is 15.3 Å². The van der Waals surface area contributed by atoms with Crippen molar-refractivity contribution in [3.05, 3.63) is 0 Å². The molecule has 0 atom stereocenters. The summed E-state index contributed by atoms with van der Waals surface area (Å²) in [6.45, 7) is 6.39. The van der Waals surface area contributed by atoms with Gasteiger partial charge in [0, 0.05) is 5.41 Å². The van der Waals surface area contributed by atoms with Crippen LogP contribution >= 0.6 is 0 Å². The zero-order chi connectivity index (χ0) is 10.9. The van der Waals surface area contributed by atoms with Gasteiger partial charge < -0.3 is 15.3 Å². The SMILES string of the molecule is CC(C)(CC(C)(C)C(O)O)C(=O)O. The highest BCUT2D eigenvalue weighted by atomic mass is 16.5. The highest BCUT2D eigenvalue weighted by Gasteiger charge is 2.37. The summed E-state index contributed by atoms with van der Waals surface area (Å²) < 4.78 is 0. The van der Waals surface area contributed by atoms with Crippen LogP contribution in [0.25, 0.3) is 0 Å². The normalized spacial score (nSPS) is 13.5. The average Bonchev–Trinajstić information content (AvgIpc) is 1.83. The Balaban J connectivity index is 4.52. The summed E-state index contributed by atoms with van der Waals surface area (Å²) in [5.41, 5.74) is -1.74. The molecule has 0 bridgehead atoms. The zero-order valence-electron chi connectivity index (χ0n) is 8.53. The largest absolute Gasteiger partial charge is 0.481 e. The molecule has 0 aromatic heterocycles. The van der Waals surface area contributed by atoms with Crippen LogP contribution in [0.4, 0.5) is 0 Å². The van der Waals surface area contributed by atoms with Crippen molar-refractivity contribution in [1.82, 2.24) is 0 Å². The van der Waals surface area contributed by atoms with Crippen LogP contribution in [0, 0.1) is 10.8 Å². The fourth-order valence-electron chi connectivity index (χ4n) is 1.31. The number of carboxylic acid groups (broad SMARTS) is 1. The van der Waals surface area contributed by atoms with Crippen LogP contribution in [0.3, 0.4) is 0 Å². The molecule has 0 aromatic rings. The van der Waals surface area contributed by atoms with E-state index >= 15 is 0 Å². The van der Waals surface area contributed by atoms with Crippen LogP contribution in [0.2, 0.25) is 0 Å². The summed E-state index contributed by atoms with van der Waals surface area (Å²) in [6, 6.07) is 0. The van der Waals surface area contributed by atoms with Gasteiger partial charge in [-0.2, -0.15) is 0 Å². The van der Waals surface area contributed by atoms with E-state index in [9.17, 15) is 4.79 Å². The fourth-order valence-corrected chi connectivity index (χ4v) is 1.31. The molecule has 4 nitrogen and oxygen atoms in total. The Kier molecular flexibility index (Phi) is 3.47. The third-order valence-electron chi connectivity index (χ3n) is 2.18. The molecule has 0 aliphatic carbocycles. The van der Waals surface area contributed by atoms with E-state index in [1.165, 1.54) is 0 Å². The molecular weight excluding hydrogens is 172 g/mol. The van der Waals surface area contributed by atoms with E-state index < -0.39 is 23.1 Å². The summed E-state index contributed by atoms with van der Waals surface area (Å²) in [6.07, 6.45) is -1.28.